The fourth-order valence-electron chi connectivity index (χ4n) is 0.763. The minimum Gasteiger partial charge on any atom is -0.298 e. The number of nitrogens with zero attached hydrogens (tertiary/aromatic N) is 1. The Morgan fingerprint density at radius 1 is 1.46 bits per heavy atom. The maximum absolute atomic E-state index is 12.3. The van der Waals surface area contributed by atoms with Crippen LogP contribution in [0.15, 0.2) is 15.1 Å². The number of aromatic nitrogens is 1. The quantitative estimate of drug-likeness (QED) is 0.619. The number of hydrogen-bond donors (Lipinski definition) is 0. The first-order valence-electron chi connectivity index (χ1n) is 3.15. The van der Waals surface area contributed by atoms with Gasteiger partial charge in [0.2, 0.25) is 0 Å². The summed E-state index contributed by atoms with van der Waals surface area (Å²) in [5.74, 6) is 0. The topological polar surface area (TPSA) is 30.0 Å². The largest absolute Gasteiger partial charge is 0.298 e. The lowest BCUT2D eigenvalue weighted by Gasteiger charge is -2.04. The van der Waals surface area contributed by atoms with Crippen LogP contribution in [0.4, 0.5) is 8.78 Å². The summed E-state index contributed by atoms with van der Waals surface area (Å²) in [5, 5.41) is 0. The maximum Gasteiger partial charge on any atom is 0.281 e. The molecule has 1 aromatic rings. The van der Waals surface area contributed by atoms with Crippen LogP contribution in [0.1, 0.15) is 22.5 Å². The molecule has 0 saturated heterocycles. The molecule has 1 aromatic heterocycles. The second kappa shape index (κ2) is 4.23. The smallest absolute Gasteiger partial charge is 0.281 e. The zero-order valence-electron chi connectivity index (χ0n) is 6.10. The van der Waals surface area contributed by atoms with Crippen molar-refractivity contribution in [1.29, 1.82) is 0 Å². The standard InChI is InChI=1S/C7H3Br2F2NO/c8-4-1-3(2-13)5(7(10)11)12-6(4)9/h1-2,7H. The molecular weight excluding hydrogens is 312 g/mol. The van der Waals surface area contributed by atoms with E-state index in [1.165, 1.54) is 6.07 Å². The molecule has 0 aliphatic carbocycles. The number of hydrogen-bond acceptors (Lipinski definition) is 2. The molecule has 0 saturated carbocycles. The highest BCUT2D eigenvalue weighted by Gasteiger charge is 2.16. The third kappa shape index (κ3) is 2.31. The first kappa shape index (κ1) is 10.7. The van der Waals surface area contributed by atoms with Gasteiger partial charge in [0.25, 0.3) is 6.43 Å². The molecule has 0 bridgehead atoms. The maximum atomic E-state index is 12.3. The number of pyridine rings is 1. The Morgan fingerprint density at radius 2 is 2.08 bits per heavy atom. The first-order valence-corrected chi connectivity index (χ1v) is 4.74. The summed E-state index contributed by atoms with van der Waals surface area (Å²) in [4.78, 5) is 13.9. The van der Waals surface area contributed by atoms with Gasteiger partial charge in [0, 0.05) is 5.56 Å². The Bertz CT molecular complexity index is 344. The van der Waals surface area contributed by atoms with E-state index < -0.39 is 12.1 Å². The Hall–Kier alpha value is -0.360. The minimum atomic E-state index is -2.75. The molecule has 0 aromatic carbocycles. The second-order valence-corrected chi connectivity index (χ2v) is 3.76. The molecule has 0 spiro atoms. The molecule has 0 radical (unpaired) electrons. The number of aldehydes is 1. The van der Waals surface area contributed by atoms with Crippen LogP contribution in [0.25, 0.3) is 0 Å². The van der Waals surface area contributed by atoms with Gasteiger partial charge in [-0.1, -0.05) is 0 Å². The van der Waals surface area contributed by atoms with Gasteiger partial charge in [-0.15, -0.1) is 0 Å². The molecule has 6 heteroatoms. The average molecular weight is 315 g/mol. The van der Waals surface area contributed by atoms with Crippen molar-refractivity contribution < 1.29 is 13.6 Å². The summed E-state index contributed by atoms with van der Waals surface area (Å²) < 4.78 is 25.3. The van der Waals surface area contributed by atoms with E-state index >= 15 is 0 Å². The molecule has 1 heterocycles. The van der Waals surface area contributed by atoms with Crippen LogP contribution in [0, 0.1) is 0 Å². The monoisotopic (exact) mass is 313 g/mol. The van der Waals surface area contributed by atoms with Gasteiger partial charge < -0.3 is 0 Å². The van der Waals surface area contributed by atoms with E-state index in [1.807, 2.05) is 0 Å². The molecule has 0 amide bonds. The second-order valence-electron chi connectivity index (χ2n) is 2.15. The van der Waals surface area contributed by atoms with Gasteiger partial charge in [0.1, 0.15) is 10.3 Å². The van der Waals surface area contributed by atoms with Crippen molar-refractivity contribution in [3.05, 3.63) is 26.4 Å². The lowest BCUT2D eigenvalue weighted by Crippen LogP contribution is -1.98. The first-order chi connectivity index (χ1) is 6.06. The number of carbonyl (C=O) groups excluding carboxylic acids is 1. The van der Waals surface area contributed by atoms with Crippen LogP contribution >= 0.6 is 31.9 Å². The summed E-state index contributed by atoms with van der Waals surface area (Å²) in [5.41, 5.74) is -0.616. The fraction of sp³-hybridized carbons (Fsp3) is 0.143. The predicted molar refractivity (Wildman–Crippen MR) is 50.0 cm³/mol. The Morgan fingerprint density at radius 3 is 2.54 bits per heavy atom. The number of carbonyl (C=O) groups is 1. The highest BCUT2D eigenvalue weighted by molar-refractivity contribution is 9.13. The van der Waals surface area contributed by atoms with E-state index in [0.717, 1.165) is 0 Å². The van der Waals surface area contributed by atoms with E-state index in [-0.39, 0.29) is 10.2 Å². The molecule has 0 atom stereocenters. The van der Waals surface area contributed by atoms with Crippen molar-refractivity contribution >= 4 is 38.1 Å². The van der Waals surface area contributed by atoms with Crippen molar-refractivity contribution in [3.63, 3.8) is 0 Å². The number of alkyl halides is 2. The Kier molecular flexibility index (Phi) is 3.49. The van der Waals surface area contributed by atoms with Gasteiger partial charge >= 0.3 is 0 Å². The van der Waals surface area contributed by atoms with Crippen LogP contribution in [-0.2, 0) is 0 Å². The van der Waals surface area contributed by atoms with Crippen LogP contribution in [0.3, 0.4) is 0 Å². The van der Waals surface area contributed by atoms with E-state index in [9.17, 15) is 13.6 Å². The van der Waals surface area contributed by atoms with Crippen LogP contribution in [-0.4, -0.2) is 11.3 Å². The molecule has 0 N–H and O–H groups in total. The summed E-state index contributed by atoms with van der Waals surface area (Å²) in [6.45, 7) is 0. The Balaban J connectivity index is 3.32. The molecule has 70 valence electrons. The van der Waals surface area contributed by atoms with E-state index in [4.69, 9.17) is 0 Å². The van der Waals surface area contributed by atoms with Crippen molar-refractivity contribution in [3.8, 4) is 0 Å². The third-order valence-electron chi connectivity index (χ3n) is 1.33. The highest BCUT2D eigenvalue weighted by atomic mass is 79.9. The average Bonchev–Trinajstić information content (AvgIpc) is 2.08. The molecular formula is C7H3Br2F2NO. The zero-order chi connectivity index (χ0) is 10.0. The molecule has 0 aliphatic heterocycles. The van der Waals surface area contributed by atoms with Gasteiger partial charge in [-0.2, -0.15) is 0 Å². The normalized spacial score (nSPS) is 10.5. The Labute approximate surface area is 89.6 Å². The van der Waals surface area contributed by atoms with Crippen molar-refractivity contribution in [2.45, 2.75) is 6.43 Å². The van der Waals surface area contributed by atoms with Gasteiger partial charge in [0.15, 0.2) is 6.29 Å². The van der Waals surface area contributed by atoms with Crippen LogP contribution < -0.4 is 0 Å². The number of rotatable bonds is 2. The molecule has 0 aliphatic rings. The SMILES string of the molecule is O=Cc1cc(Br)c(Br)nc1C(F)F. The minimum absolute atomic E-state index is 0.106. The molecule has 2 nitrogen and oxygen atoms in total. The summed E-state index contributed by atoms with van der Waals surface area (Å²) in [6, 6.07) is 1.30. The van der Waals surface area contributed by atoms with Gasteiger partial charge in [-0.3, -0.25) is 4.79 Å². The fourth-order valence-corrected chi connectivity index (χ4v) is 1.40. The molecule has 13 heavy (non-hydrogen) atoms. The lowest BCUT2D eigenvalue weighted by atomic mass is 10.2. The summed E-state index contributed by atoms with van der Waals surface area (Å²) >= 11 is 6.03. The van der Waals surface area contributed by atoms with Crippen LogP contribution in [0.2, 0.25) is 0 Å². The number of halogens is 4. The van der Waals surface area contributed by atoms with Gasteiger partial charge in [0.05, 0.1) is 4.47 Å². The van der Waals surface area contributed by atoms with Crippen molar-refractivity contribution in [2.24, 2.45) is 0 Å². The van der Waals surface area contributed by atoms with Gasteiger partial charge in [-0.25, -0.2) is 13.8 Å². The van der Waals surface area contributed by atoms with Crippen molar-refractivity contribution in [2.75, 3.05) is 0 Å². The predicted octanol–water partition coefficient (Wildman–Crippen LogP) is 3.36. The summed E-state index contributed by atoms with van der Waals surface area (Å²) in [6.07, 6.45) is -2.39. The lowest BCUT2D eigenvalue weighted by molar-refractivity contribution is 0.110. The van der Waals surface area contributed by atoms with Crippen molar-refractivity contribution in [1.82, 2.24) is 4.98 Å². The molecule has 0 fully saturated rings. The highest BCUT2D eigenvalue weighted by Crippen LogP contribution is 2.27. The summed E-state index contributed by atoms with van der Waals surface area (Å²) in [7, 11) is 0. The van der Waals surface area contributed by atoms with Gasteiger partial charge in [-0.05, 0) is 37.9 Å². The zero-order valence-corrected chi connectivity index (χ0v) is 9.27. The van der Waals surface area contributed by atoms with E-state index in [2.05, 4.69) is 36.8 Å². The molecule has 1 rings (SSSR count). The van der Waals surface area contributed by atoms with E-state index in [0.29, 0.717) is 10.8 Å². The third-order valence-corrected chi connectivity index (χ3v) is 3.07. The van der Waals surface area contributed by atoms with Crippen LogP contribution in [0.5, 0.6) is 0 Å². The molecule has 0 unspecified atom stereocenters. The van der Waals surface area contributed by atoms with E-state index in [1.54, 1.807) is 0 Å².